The van der Waals surface area contributed by atoms with Gasteiger partial charge in [-0.3, -0.25) is 0 Å². The molecule has 1 aromatic rings. The lowest BCUT2D eigenvalue weighted by Crippen LogP contribution is -1.72. The minimum atomic E-state index is 1.32. The molecule has 0 radical (unpaired) electrons. The monoisotopic (exact) mass is 124 g/mol. The summed E-state index contributed by atoms with van der Waals surface area (Å²) >= 11 is 0. The molecule has 0 aliphatic heterocycles. The Labute approximate surface area is 51.7 Å². The van der Waals surface area contributed by atoms with Gasteiger partial charge in [0.1, 0.15) is 0 Å². The van der Waals surface area contributed by atoms with Gasteiger partial charge in [0.2, 0.25) is 0 Å². The molecule has 1 rings (SSSR count). The lowest BCUT2D eigenvalue weighted by molar-refractivity contribution is 1.38. The molecule has 1 aromatic heterocycles. The van der Waals surface area contributed by atoms with Crippen LogP contribution in [0.1, 0.15) is 11.1 Å². The molecule has 0 N–H and O–H groups in total. The largest absolute Gasteiger partial charge is 0.0762 e. The SMILES string of the molecule is Cc1ccpcc1C. The highest BCUT2D eigenvalue weighted by atomic mass is 31.0. The van der Waals surface area contributed by atoms with Crippen LogP contribution in [0.5, 0.6) is 0 Å². The van der Waals surface area contributed by atoms with Gasteiger partial charge in [-0.05, 0) is 36.6 Å². The molecule has 0 amide bonds. The second-order valence-corrected chi connectivity index (χ2v) is 2.81. The fourth-order valence-electron chi connectivity index (χ4n) is 0.543. The van der Waals surface area contributed by atoms with E-state index in [1.165, 1.54) is 19.3 Å². The average Bonchev–Trinajstić information content (AvgIpc) is 1.77. The van der Waals surface area contributed by atoms with E-state index in [2.05, 4.69) is 31.5 Å². The first kappa shape index (κ1) is 5.78. The summed E-state index contributed by atoms with van der Waals surface area (Å²) in [6, 6.07) is 2.16. The summed E-state index contributed by atoms with van der Waals surface area (Å²) < 4.78 is 0. The maximum absolute atomic E-state index is 2.22. The summed E-state index contributed by atoms with van der Waals surface area (Å²) in [5.74, 6) is 4.37. The Morgan fingerprint density at radius 2 is 2.00 bits per heavy atom. The predicted molar refractivity (Wildman–Crippen MR) is 38.4 cm³/mol. The van der Waals surface area contributed by atoms with Gasteiger partial charge in [0.05, 0.1) is 0 Å². The van der Waals surface area contributed by atoms with Gasteiger partial charge in [-0.15, -0.1) is 0 Å². The Morgan fingerprint density at radius 3 is 2.38 bits per heavy atom. The van der Waals surface area contributed by atoms with Crippen molar-refractivity contribution in [3.05, 3.63) is 28.8 Å². The minimum absolute atomic E-state index is 1.32. The Kier molecular flexibility index (Phi) is 1.65. The molecule has 0 saturated carbocycles. The smallest absolute Gasteiger partial charge is 0.0315 e. The van der Waals surface area contributed by atoms with Crippen molar-refractivity contribution in [1.82, 2.24) is 0 Å². The van der Waals surface area contributed by atoms with E-state index in [0.29, 0.717) is 0 Å². The summed E-state index contributed by atoms with van der Waals surface area (Å²) in [6.07, 6.45) is 0. The molecule has 1 heterocycles. The number of hydrogen-bond acceptors (Lipinski definition) is 0. The standard InChI is InChI=1S/C7H9P/c1-6-3-4-8-5-7(6)2/h3-5H,1-2H3. The van der Waals surface area contributed by atoms with Gasteiger partial charge >= 0.3 is 0 Å². The third kappa shape index (κ3) is 1.08. The van der Waals surface area contributed by atoms with Crippen LogP contribution >= 0.6 is 8.19 Å². The third-order valence-corrected chi connectivity index (χ3v) is 2.16. The molecule has 42 valence electrons. The van der Waals surface area contributed by atoms with Gasteiger partial charge in [-0.2, -0.15) is 0 Å². The first-order chi connectivity index (χ1) is 3.80. The number of aryl methyl sites for hydroxylation is 2. The minimum Gasteiger partial charge on any atom is -0.0762 e. The first-order valence-corrected chi connectivity index (χ1v) is 3.71. The maximum atomic E-state index is 2.22. The molecule has 8 heavy (non-hydrogen) atoms. The summed E-state index contributed by atoms with van der Waals surface area (Å²) in [5, 5.41) is 0. The van der Waals surface area contributed by atoms with E-state index in [1.807, 2.05) is 0 Å². The molecule has 0 spiro atoms. The van der Waals surface area contributed by atoms with Crippen LogP contribution in [0.4, 0.5) is 0 Å². The van der Waals surface area contributed by atoms with Crippen LogP contribution in [0.25, 0.3) is 0 Å². The Bertz CT molecular complexity index is 160. The third-order valence-electron chi connectivity index (χ3n) is 1.30. The summed E-state index contributed by atoms with van der Waals surface area (Å²) in [5.41, 5.74) is 2.80. The van der Waals surface area contributed by atoms with Crippen molar-refractivity contribution in [3.8, 4) is 0 Å². The van der Waals surface area contributed by atoms with Gasteiger partial charge in [-0.1, -0.05) is 14.3 Å². The van der Waals surface area contributed by atoms with Gasteiger partial charge in [0.25, 0.3) is 0 Å². The van der Waals surface area contributed by atoms with Gasteiger partial charge < -0.3 is 0 Å². The summed E-state index contributed by atoms with van der Waals surface area (Å²) in [6.45, 7) is 4.28. The van der Waals surface area contributed by atoms with Crippen molar-refractivity contribution in [1.29, 1.82) is 0 Å². The van der Waals surface area contributed by atoms with E-state index < -0.39 is 0 Å². The second-order valence-electron chi connectivity index (χ2n) is 1.96. The lowest BCUT2D eigenvalue weighted by Gasteiger charge is -1.92. The van der Waals surface area contributed by atoms with Crippen molar-refractivity contribution < 1.29 is 0 Å². The van der Waals surface area contributed by atoms with Crippen LogP contribution < -0.4 is 0 Å². The molecular weight excluding hydrogens is 115 g/mol. The highest BCUT2D eigenvalue weighted by Crippen LogP contribution is 2.11. The van der Waals surface area contributed by atoms with E-state index in [4.69, 9.17) is 0 Å². The van der Waals surface area contributed by atoms with E-state index in [1.54, 1.807) is 0 Å². The molecule has 1 heteroatoms. The average molecular weight is 124 g/mol. The van der Waals surface area contributed by atoms with Crippen LogP contribution in [0.2, 0.25) is 0 Å². The van der Waals surface area contributed by atoms with E-state index in [9.17, 15) is 0 Å². The van der Waals surface area contributed by atoms with Gasteiger partial charge in [0.15, 0.2) is 0 Å². The zero-order chi connectivity index (χ0) is 5.98. The van der Waals surface area contributed by atoms with E-state index >= 15 is 0 Å². The van der Waals surface area contributed by atoms with Crippen molar-refractivity contribution in [2.45, 2.75) is 13.8 Å². The molecular formula is C7H9P. The van der Waals surface area contributed by atoms with Crippen LogP contribution in [0.3, 0.4) is 0 Å². The van der Waals surface area contributed by atoms with Crippen LogP contribution in [-0.2, 0) is 0 Å². The van der Waals surface area contributed by atoms with Crippen LogP contribution in [-0.4, -0.2) is 0 Å². The fourth-order valence-corrected chi connectivity index (χ4v) is 1.37. The Balaban J connectivity index is 3.13. The molecule has 0 nitrogen and oxygen atoms in total. The molecule has 0 aromatic carbocycles. The normalized spacial score (nSPS) is 10.2. The van der Waals surface area contributed by atoms with Crippen molar-refractivity contribution in [2.24, 2.45) is 0 Å². The second kappa shape index (κ2) is 2.28. The highest BCUT2D eigenvalue weighted by molar-refractivity contribution is 7.28. The molecule has 0 atom stereocenters. The number of rotatable bonds is 0. The summed E-state index contributed by atoms with van der Waals surface area (Å²) in [4.78, 5) is 0. The fraction of sp³-hybridized carbons (Fsp3) is 0.286. The first-order valence-electron chi connectivity index (χ1n) is 2.68. The Hall–Kier alpha value is -0.350. The molecule has 0 unspecified atom stereocenters. The topological polar surface area (TPSA) is 0 Å². The molecule has 0 aliphatic rings. The summed E-state index contributed by atoms with van der Waals surface area (Å²) in [7, 11) is 1.32. The zero-order valence-electron chi connectivity index (χ0n) is 5.18. The molecule has 0 saturated heterocycles. The predicted octanol–water partition coefficient (Wildman–Crippen LogP) is 2.88. The van der Waals surface area contributed by atoms with Gasteiger partial charge in [-0.25, -0.2) is 0 Å². The molecule has 0 fully saturated rings. The van der Waals surface area contributed by atoms with Crippen LogP contribution in [0, 0.1) is 13.8 Å². The van der Waals surface area contributed by atoms with E-state index in [-0.39, 0.29) is 0 Å². The highest BCUT2D eigenvalue weighted by Gasteiger charge is 1.84. The number of hydrogen-bond donors (Lipinski definition) is 0. The molecule has 0 aliphatic carbocycles. The maximum Gasteiger partial charge on any atom is -0.0315 e. The van der Waals surface area contributed by atoms with Crippen molar-refractivity contribution >= 4 is 8.19 Å². The van der Waals surface area contributed by atoms with Crippen molar-refractivity contribution in [3.63, 3.8) is 0 Å². The van der Waals surface area contributed by atoms with E-state index in [0.717, 1.165) is 0 Å². The Morgan fingerprint density at radius 1 is 1.25 bits per heavy atom. The van der Waals surface area contributed by atoms with Gasteiger partial charge in [0, 0.05) is 0 Å². The quantitative estimate of drug-likeness (QED) is 0.498. The lowest BCUT2D eigenvalue weighted by atomic mass is 10.2. The van der Waals surface area contributed by atoms with Crippen LogP contribution in [0.15, 0.2) is 17.7 Å². The molecule has 0 bridgehead atoms. The zero-order valence-corrected chi connectivity index (χ0v) is 6.07. The van der Waals surface area contributed by atoms with Crippen molar-refractivity contribution in [2.75, 3.05) is 0 Å².